The summed E-state index contributed by atoms with van der Waals surface area (Å²) in [5, 5.41) is 3.42. The smallest absolute Gasteiger partial charge is 0.123 e. The van der Waals surface area contributed by atoms with Crippen LogP contribution in [0.1, 0.15) is 65.5 Å². The van der Waals surface area contributed by atoms with E-state index in [-0.39, 0.29) is 23.2 Å². The summed E-state index contributed by atoms with van der Waals surface area (Å²) in [7, 11) is 0. The fourth-order valence-electron chi connectivity index (χ4n) is 2.79. The predicted octanol–water partition coefficient (Wildman–Crippen LogP) is 4.83. The molecule has 1 atom stereocenters. The molecule has 1 fully saturated rings. The van der Waals surface area contributed by atoms with E-state index in [9.17, 15) is 0 Å². The lowest BCUT2D eigenvalue weighted by Gasteiger charge is -2.30. The standard InChI is InChI=1S/C19H31NO.ClH/c1-18(2,3)14-9-10-17(16(12-14)19(4,5)6)21-15-8-7-11-20-13-15;/h9-10,12,15,20H,7-8,11,13H2,1-6H3;1H. The van der Waals surface area contributed by atoms with Crippen molar-refractivity contribution in [3.63, 3.8) is 0 Å². The molecule has 1 aromatic rings. The Morgan fingerprint density at radius 2 is 1.73 bits per heavy atom. The van der Waals surface area contributed by atoms with Crippen LogP contribution in [0.2, 0.25) is 0 Å². The molecule has 1 aromatic carbocycles. The zero-order valence-electron chi connectivity index (χ0n) is 15.0. The fraction of sp³-hybridized carbons (Fsp3) is 0.684. The van der Waals surface area contributed by atoms with E-state index in [0.717, 1.165) is 25.3 Å². The van der Waals surface area contributed by atoms with Gasteiger partial charge in [0, 0.05) is 6.54 Å². The van der Waals surface area contributed by atoms with E-state index < -0.39 is 0 Å². The van der Waals surface area contributed by atoms with E-state index in [4.69, 9.17) is 4.74 Å². The first-order chi connectivity index (χ1) is 9.68. The van der Waals surface area contributed by atoms with Crippen LogP contribution in [-0.4, -0.2) is 19.2 Å². The lowest BCUT2D eigenvalue weighted by molar-refractivity contribution is 0.164. The lowest BCUT2D eigenvalue weighted by atomic mass is 9.80. The number of hydrogen-bond donors (Lipinski definition) is 1. The number of nitrogens with one attached hydrogen (secondary N) is 1. The van der Waals surface area contributed by atoms with E-state index in [1.165, 1.54) is 17.5 Å². The Balaban J connectivity index is 0.00000242. The number of rotatable bonds is 2. The van der Waals surface area contributed by atoms with Gasteiger partial charge in [0.15, 0.2) is 0 Å². The Morgan fingerprint density at radius 3 is 2.23 bits per heavy atom. The Morgan fingerprint density at radius 1 is 1.05 bits per heavy atom. The molecule has 1 aliphatic heterocycles. The van der Waals surface area contributed by atoms with Crippen molar-refractivity contribution in [2.24, 2.45) is 0 Å². The van der Waals surface area contributed by atoms with Gasteiger partial charge in [0.2, 0.25) is 0 Å². The average molecular weight is 326 g/mol. The van der Waals surface area contributed by atoms with Crippen molar-refractivity contribution in [1.82, 2.24) is 5.32 Å². The number of hydrogen-bond acceptors (Lipinski definition) is 2. The third kappa shape index (κ3) is 4.89. The van der Waals surface area contributed by atoms with Gasteiger partial charge in [0.05, 0.1) is 0 Å². The molecule has 3 heteroatoms. The molecule has 0 amide bonds. The summed E-state index contributed by atoms with van der Waals surface area (Å²) in [6.45, 7) is 15.7. The van der Waals surface area contributed by atoms with Crippen LogP contribution in [0.3, 0.4) is 0 Å². The molecule has 0 saturated carbocycles. The molecule has 0 aliphatic carbocycles. The van der Waals surface area contributed by atoms with E-state index in [1.54, 1.807) is 0 Å². The third-order valence-corrected chi connectivity index (χ3v) is 4.20. The van der Waals surface area contributed by atoms with Crippen LogP contribution in [0.15, 0.2) is 18.2 Å². The minimum Gasteiger partial charge on any atom is -0.489 e. The highest BCUT2D eigenvalue weighted by Crippen LogP contribution is 2.36. The summed E-state index contributed by atoms with van der Waals surface area (Å²) >= 11 is 0. The second-order valence-corrected chi connectivity index (χ2v) is 8.30. The maximum absolute atomic E-state index is 6.32. The highest BCUT2D eigenvalue weighted by molar-refractivity contribution is 5.85. The van der Waals surface area contributed by atoms with Crippen LogP contribution in [0.25, 0.3) is 0 Å². The predicted molar refractivity (Wildman–Crippen MR) is 97.6 cm³/mol. The van der Waals surface area contributed by atoms with Gasteiger partial charge in [-0.25, -0.2) is 0 Å². The van der Waals surface area contributed by atoms with Gasteiger partial charge < -0.3 is 10.1 Å². The summed E-state index contributed by atoms with van der Waals surface area (Å²) in [5.41, 5.74) is 2.96. The van der Waals surface area contributed by atoms with E-state index in [0.29, 0.717) is 6.10 Å². The van der Waals surface area contributed by atoms with E-state index in [2.05, 4.69) is 65.1 Å². The van der Waals surface area contributed by atoms with Gasteiger partial charge in [-0.05, 0) is 47.4 Å². The van der Waals surface area contributed by atoms with Gasteiger partial charge in [-0.15, -0.1) is 12.4 Å². The molecule has 0 bridgehead atoms. The van der Waals surface area contributed by atoms with E-state index >= 15 is 0 Å². The van der Waals surface area contributed by atoms with Crippen molar-refractivity contribution in [1.29, 1.82) is 0 Å². The number of halogens is 1. The summed E-state index contributed by atoms with van der Waals surface area (Å²) < 4.78 is 6.32. The van der Waals surface area contributed by atoms with Gasteiger partial charge in [0.1, 0.15) is 11.9 Å². The molecule has 2 rings (SSSR count). The van der Waals surface area contributed by atoms with Crippen LogP contribution in [0, 0.1) is 0 Å². The first-order valence-corrected chi connectivity index (χ1v) is 8.20. The summed E-state index contributed by atoms with van der Waals surface area (Å²) in [4.78, 5) is 0. The average Bonchev–Trinajstić information content (AvgIpc) is 2.38. The number of ether oxygens (including phenoxy) is 1. The minimum atomic E-state index is 0. The summed E-state index contributed by atoms with van der Waals surface area (Å²) in [6.07, 6.45) is 2.66. The van der Waals surface area contributed by atoms with Crippen LogP contribution >= 0.6 is 12.4 Å². The molecular weight excluding hydrogens is 294 g/mol. The molecule has 0 spiro atoms. The largest absolute Gasteiger partial charge is 0.489 e. The molecule has 0 radical (unpaired) electrons. The Bertz CT molecular complexity index is 479. The number of piperidine rings is 1. The van der Waals surface area contributed by atoms with E-state index in [1.807, 2.05) is 0 Å². The Kier molecular flexibility index (Phi) is 6.35. The van der Waals surface area contributed by atoms with Crippen molar-refractivity contribution >= 4 is 12.4 Å². The molecule has 22 heavy (non-hydrogen) atoms. The zero-order valence-corrected chi connectivity index (χ0v) is 15.8. The van der Waals surface area contributed by atoms with Gasteiger partial charge in [0.25, 0.3) is 0 Å². The first kappa shape index (κ1) is 19.3. The normalized spacial score (nSPS) is 19.5. The second-order valence-electron chi connectivity index (χ2n) is 8.30. The van der Waals surface area contributed by atoms with Crippen LogP contribution < -0.4 is 10.1 Å². The highest BCUT2D eigenvalue weighted by Gasteiger charge is 2.25. The van der Waals surface area contributed by atoms with Crippen molar-refractivity contribution < 1.29 is 4.74 Å². The SMILES string of the molecule is CC(C)(C)c1ccc(OC2CCCNC2)c(C(C)(C)C)c1.Cl. The molecular formula is C19H32ClNO. The van der Waals surface area contributed by atoms with Crippen molar-refractivity contribution in [3.8, 4) is 5.75 Å². The quantitative estimate of drug-likeness (QED) is 0.840. The van der Waals surface area contributed by atoms with Gasteiger partial charge >= 0.3 is 0 Å². The van der Waals surface area contributed by atoms with Crippen molar-refractivity contribution in [2.45, 2.75) is 71.3 Å². The van der Waals surface area contributed by atoms with Crippen LogP contribution in [0.4, 0.5) is 0 Å². The lowest BCUT2D eigenvalue weighted by Crippen LogP contribution is -2.37. The third-order valence-electron chi connectivity index (χ3n) is 4.20. The molecule has 1 heterocycles. The molecule has 126 valence electrons. The molecule has 1 aliphatic rings. The maximum Gasteiger partial charge on any atom is 0.123 e. The summed E-state index contributed by atoms with van der Waals surface area (Å²) in [5.74, 6) is 1.06. The topological polar surface area (TPSA) is 21.3 Å². The monoisotopic (exact) mass is 325 g/mol. The second kappa shape index (κ2) is 7.23. The Labute approximate surface area is 142 Å². The fourth-order valence-corrected chi connectivity index (χ4v) is 2.79. The molecule has 0 aromatic heterocycles. The van der Waals surface area contributed by atoms with Crippen molar-refractivity contribution in [2.75, 3.05) is 13.1 Å². The molecule has 1 saturated heterocycles. The molecule has 1 N–H and O–H groups in total. The van der Waals surface area contributed by atoms with Gasteiger partial charge in [-0.2, -0.15) is 0 Å². The summed E-state index contributed by atoms with van der Waals surface area (Å²) in [6, 6.07) is 6.74. The van der Waals surface area contributed by atoms with Gasteiger partial charge in [-0.3, -0.25) is 0 Å². The molecule has 1 unspecified atom stereocenters. The van der Waals surface area contributed by atoms with Crippen LogP contribution in [-0.2, 0) is 10.8 Å². The zero-order chi connectivity index (χ0) is 15.7. The maximum atomic E-state index is 6.32. The van der Waals surface area contributed by atoms with Crippen LogP contribution in [0.5, 0.6) is 5.75 Å². The Hall–Kier alpha value is -0.730. The minimum absolute atomic E-state index is 0. The first-order valence-electron chi connectivity index (χ1n) is 8.20. The van der Waals surface area contributed by atoms with Gasteiger partial charge in [-0.1, -0.05) is 53.7 Å². The van der Waals surface area contributed by atoms with Crippen molar-refractivity contribution in [3.05, 3.63) is 29.3 Å². The molecule has 2 nitrogen and oxygen atoms in total. The number of benzene rings is 1. The highest BCUT2D eigenvalue weighted by atomic mass is 35.5.